The molecule has 1 aromatic heterocycles. The van der Waals surface area contributed by atoms with Crippen molar-refractivity contribution in [1.29, 1.82) is 0 Å². The number of methoxy groups -OCH3 is 1. The Morgan fingerprint density at radius 3 is 2.97 bits per heavy atom. The average molecular weight is 455 g/mol. The van der Waals surface area contributed by atoms with Crippen molar-refractivity contribution in [3.05, 3.63) is 69.1 Å². The van der Waals surface area contributed by atoms with E-state index in [2.05, 4.69) is 4.98 Å². The van der Waals surface area contributed by atoms with Gasteiger partial charge in [-0.25, -0.2) is 9.18 Å². The van der Waals surface area contributed by atoms with Gasteiger partial charge in [0.25, 0.3) is 5.91 Å². The standard InChI is InChI=1S/C24H20ClFN2O4/c1-32-24(31)19-18-17(16-7-2-3-8-28(16)23(18)30)14-10-12(11-27-21(14)22(19)29)9-13-5-4-6-15(25)20(13)26/h4-6,10-11,16,29H,2-3,7-9H2,1H3/t16-/m1/s1. The number of pyridine rings is 1. The number of benzene rings is 2. The van der Waals surface area contributed by atoms with Crippen LogP contribution in [0.2, 0.25) is 5.02 Å². The van der Waals surface area contributed by atoms with Crippen molar-refractivity contribution in [2.24, 2.45) is 0 Å². The third kappa shape index (κ3) is 3.03. The fourth-order valence-corrected chi connectivity index (χ4v) is 5.09. The summed E-state index contributed by atoms with van der Waals surface area (Å²) >= 11 is 5.92. The fraction of sp³-hybridized carbons (Fsp3) is 0.292. The van der Waals surface area contributed by atoms with E-state index < -0.39 is 11.8 Å². The predicted molar refractivity (Wildman–Crippen MR) is 117 cm³/mol. The molecule has 3 aromatic rings. The van der Waals surface area contributed by atoms with Crippen LogP contribution < -0.4 is 0 Å². The van der Waals surface area contributed by atoms with Crippen LogP contribution in [-0.4, -0.2) is 40.5 Å². The molecule has 0 saturated carbocycles. The zero-order valence-corrected chi connectivity index (χ0v) is 18.1. The first-order valence-corrected chi connectivity index (χ1v) is 10.8. The molecule has 8 heteroatoms. The highest BCUT2D eigenvalue weighted by molar-refractivity contribution is 6.30. The number of phenolic OH excluding ortho intramolecular Hbond substituents is 1. The Bertz CT molecular complexity index is 1290. The van der Waals surface area contributed by atoms with E-state index in [1.54, 1.807) is 17.0 Å². The number of halogens is 2. The average Bonchev–Trinajstić information content (AvgIpc) is 3.09. The summed E-state index contributed by atoms with van der Waals surface area (Å²) in [5.41, 5.74) is 2.06. The monoisotopic (exact) mass is 454 g/mol. The van der Waals surface area contributed by atoms with E-state index in [0.717, 1.165) is 19.3 Å². The zero-order chi connectivity index (χ0) is 22.6. The fourth-order valence-electron chi connectivity index (χ4n) is 4.90. The number of hydrogen-bond donors (Lipinski definition) is 1. The lowest BCUT2D eigenvalue weighted by molar-refractivity contribution is 0.0583. The number of fused-ring (bicyclic) bond motifs is 5. The quantitative estimate of drug-likeness (QED) is 0.575. The van der Waals surface area contributed by atoms with E-state index in [1.807, 2.05) is 6.07 Å². The van der Waals surface area contributed by atoms with Crippen molar-refractivity contribution in [2.75, 3.05) is 13.7 Å². The number of piperidine rings is 1. The minimum absolute atomic E-state index is 0.0425. The van der Waals surface area contributed by atoms with Gasteiger partial charge in [-0.3, -0.25) is 9.78 Å². The van der Waals surface area contributed by atoms with E-state index in [9.17, 15) is 19.1 Å². The minimum Gasteiger partial charge on any atom is -0.505 e. The minimum atomic E-state index is -0.777. The van der Waals surface area contributed by atoms with E-state index >= 15 is 0 Å². The van der Waals surface area contributed by atoms with Crippen molar-refractivity contribution in [3.63, 3.8) is 0 Å². The molecular formula is C24H20ClFN2O4. The largest absolute Gasteiger partial charge is 0.505 e. The van der Waals surface area contributed by atoms with Gasteiger partial charge < -0.3 is 14.7 Å². The van der Waals surface area contributed by atoms with Crippen LogP contribution >= 0.6 is 11.6 Å². The van der Waals surface area contributed by atoms with E-state index in [0.29, 0.717) is 28.6 Å². The lowest BCUT2D eigenvalue weighted by Gasteiger charge is -2.30. The molecule has 5 rings (SSSR count). The molecule has 0 bridgehead atoms. The highest BCUT2D eigenvalue weighted by Gasteiger charge is 2.44. The Morgan fingerprint density at radius 2 is 2.19 bits per heavy atom. The van der Waals surface area contributed by atoms with Gasteiger partial charge in [0.05, 0.1) is 23.7 Å². The second-order valence-electron chi connectivity index (χ2n) is 8.14. The Hall–Kier alpha value is -3.19. The summed E-state index contributed by atoms with van der Waals surface area (Å²) in [6.45, 7) is 0.585. The third-order valence-electron chi connectivity index (χ3n) is 6.34. The molecule has 1 atom stereocenters. The molecule has 0 aliphatic carbocycles. The second kappa shape index (κ2) is 7.74. The maximum atomic E-state index is 14.4. The SMILES string of the molecule is COC(=O)c1c2c(c3cc(Cc4cccc(Cl)c4F)cnc3c1O)[C@H]1CCCCN1C2=O. The van der Waals surface area contributed by atoms with Crippen molar-refractivity contribution < 1.29 is 23.8 Å². The summed E-state index contributed by atoms with van der Waals surface area (Å²) in [6.07, 6.45) is 4.36. The number of esters is 1. The first-order chi connectivity index (χ1) is 15.4. The molecule has 0 unspecified atom stereocenters. The molecule has 1 fully saturated rings. The van der Waals surface area contributed by atoms with Gasteiger partial charge in [-0.15, -0.1) is 0 Å². The highest BCUT2D eigenvalue weighted by atomic mass is 35.5. The van der Waals surface area contributed by atoms with Gasteiger partial charge in [0.2, 0.25) is 0 Å². The normalized spacial score (nSPS) is 17.4. The van der Waals surface area contributed by atoms with E-state index in [1.165, 1.54) is 19.4 Å². The summed E-state index contributed by atoms with van der Waals surface area (Å²) in [4.78, 5) is 31.9. The van der Waals surface area contributed by atoms with Crippen LogP contribution in [0, 0.1) is 5.82 Å². The molecule has 32 heavy (non-hydrogen) atoms. The molecule has 2 aliphatic rings. The number of nitrogens with zero attached hydrogens (tertiary/aromatic N) is 2. The van der Waals surface area contributed by atoms with Crippen LogP contribution in [0.3, 0.4) is 0 Å². The van der Waals surface area contributed by atoms with Crippen molar-refractivity contribution in [3.8, 4) is 5.75 Å². The zero-order valence-electron chi connectivity index (χ0n) is 17.3. The van der Waals surface area contributed by atoms with Gasteiger partial charge >= 0.3 is 5.97 Å². The molecule has 0 spiro atoms. The maximum Gasteiger partial charge on any atom is 0.342 e. The Morgan fingerprint density at radius 1 is 1.38 bits per heavy atom. The molecule has 2 aromatic carbocycles. The number of aromatic hydroxyl groups is 1. The number of carbonyl (C=O) groups excluding carboxylic acids is 2. The number of rotatable bonds is 3. The van der Waals surface area contributed by atoms with Gasteiger partial charge in [0.1, 0.15) is 16.9 Å². The summed E-state index contributed by atoms with van der Waals surface area (Å²) in [6, 6.07) is 6.44. The maximum absolute atomic E-state index is 14.4. The Labute approximate surface area is 188 Å². The number of amides is 1. The summed E-state index contributed by atoms with van der Waals surface area (Å²) in [5, 5.41) is 11.5. The first kappa shape index (κ1) is 20.7. The summed E-state index contributed by atoms with van der Waals surface area (Å²) < 4.78 is 19.3. The van der Waals surface area contributed by atoms with Crippen molar-refractivity contribution >= 4 is 34.4 Å². The Balaban J connectivity index is 1.74. The second-order valence-corrected chi connectivity index (χ2v) is 8.55. The smallest absolute Gasteiger partial charge is 0.342 e. The number of aromatic nitrogens is 1. The molecule has 164 valence electrons. The topological polar surface area (TPSA) is 79.7 Å². The van der Waals surface area contributed by atoms with Crippen LogP contribution in [0.1, 0.15) is 62.7 Å². The molecule has 1 saturated heterocycles. The molecule has 6 nitrogen and oxygen atoms in total. The van der Waals surface area contributed by atoms with Crippen LogP contribution in [0.15, 0.2) is 30.5 Å². The number of phenols is 1. The summed E-state index contributed by atoms with van der Waals surface area (Å²) in [5.74, 6) is -1.93. The highest BCUT2D eigenvalue weighted by Crippen LogP contribution is 2.48. The molecule has 0 radical (unpaired) electrons. The number of ether oxygens (including phenoxy) is 1. The lowest BCUT2D eigenvalue weighted by atomic mass is 9.89. The van der Waals surface area contributed by atoms with E-state index in [-0.39, 0.29) is 45.8 Å². The molecule has 1 N–H and O–H groups in total. The first-order valence-electron chi connectivity index (χ1n) is 10.4. The van der Waals surface area contributed by atoms with Gasteiger partial charge in [0, 0.05) is 24.5 Å². The molecular weight excluding hydrogens is 435 g/mol. The van der Waals surface area contributed by atoms with Gasteiger partial charge in [0.15, 0.2) is 5.75 Å². The molecule has 2 aliphatic heterocycles. The lowest BCUT2D eigenvalue weighted by Crippen LogP contribution is -2.32. The van der Waals surface area contributed by atoms with E-state index in [4.69, 9.17) is 16.3 Å². The van der Waals surface area contributed by atoms with Crippen LogP contribution in [-0.2, 0) is 11.2 Å². The number of hydrogen-bond acceptors (Lipinski definition) is 5. The van der Waals surface area contributed by atoms with Gasteiger partial charge in [-0.2, -0.15) is 0 Å². The van der Waals surface area contributed by atoms with Crippen LogP contribution in [0.5, 0.6) is 5.75 Å². The van der Waals surface area contributed by atoms with Gasteiger partial charge in [-0.05, 0) is 48.1 Å². The predicted octanol–water partition coefficient (Wildman–Crippen LogP) is 4.79. The molecule has 1 amide bonds. The number of carbonyl (C=O) groups is 2. The van der Waals surface area contributed by atoms with Crippen molar-refractivity contribution in [2.45, 2.75) is 31.7 Å². The third-order valence-corrected chi connectivity index (χ3v) is 6.63. The van der Waals surface area contributed by atoms with Crippen molar-refractivity contribution in [1.82, 2.24) is 9.88 Å². The summed E-state index contributed by atoms with van der Waals surface area (Å²) in [7, 11) is 1.21. The Kier molecular flexibility index (Phi) is 5.01. The van der Waals surface area contributed by atoms with Gasteiger partial charge in [-0.1, -0.05) is 23.7 Å². The van der Waals surface area contributed by atoms with Crippen LogP contribution in [0.4, 0.5) is 4.39 Å². The van der Waals surface area contributed by atoms with Crippen LogP contribution in [0.25, 0.3) is 10.9 Å². The molecule has 3 heterocycles.